The van der Waals surface area contributed by atoms with Crippen LogP contribution in [0.15, 0.2) is 11.8 Å². The van der Waals surface area contributed by atoms with Gasteiger partial charge in [0, 0.05) is 7.11 Å². The molecule has 3 atom stereocenters. The minimum absolute atomic E-state index is 0.153. The maximum atomic E-state index is 11.2. The van der Waals surface area contributed by atoms with Gasteiger partial charge in [-0.1, -0.05) is 0 Å². The molecule has 0 N–H and O–H groups in total. The Balaban J connectivity index is 2.18. The van der Waals surface area contributed by atoms with Crippen LogP contribution in [0.1, 0.15) is 20.3 Å². The molecule has 20 heavy (non-hydrogen) atoms. The van der Waals surface area contributed by atoms with E-state index in [1.807, 2.05) is 0 Å². The summed E-state index contributed by atoms with van der Waals surface area (Å²) in [6.07, 6.45) is -0.0187. The normalized spacial score (nSPS) is 29.8. The summed E-state index contributed by atoms with van der Waals surface area (Å²) in [5, 5.41) is 0. The van der Waals surface area contributed by atoms with Gasteiger partial charge in [-0.05, 0) is 19.9 Å². The number of ether oxygens (including phenoxy) is 5. The molecule has 1 saturated heterocycles. The third kappa shape index (κ3) is 3.17. The lowest BCUT2D eigenvalue weighted by Gasteiger charge is -2.24. The Morgan fingerprint density at radius 2 is 2.25 bits per heavy atom. The molecule has 0 aromatic heterocycles. The lowest BCUT2D eigenvalue weighted by atomic mass is 10.1. The Hall–Kier alpha value is -1.44. The Labute approximate surface area is 116 Å². The Bertz CT molecular complexity index is 415. The lowest BCUT2D eigenvalue weighted by Crippen LogP contribution is -2.41. The molecule has 2 aliphatic rings. The predicted octanol–water partition coefficient (Wildman–Crippen LogP) is 0.525. The summed E-state index contributed by atoms with van der Waals surface area (Å²) in [5.41, 5.74) is 0. The molecule has 0 aromatic carbocycles. The van der Waals surface area contributed by atoms with Crippen LogP contribution in [-0.4, -0.2) is 50.3 Å². The summed E-state index contributed by atoms with van der Waals surface area (Å²) in [6, 6.07) is 0. The molecule has 7 nitrogen and oxygen atoms in total. The number of carbonyl (C=O) groups is 2. The van der Waals surface area contributed by atoms with Gasteiger partial charge in [0.25, 0.3) is 6.47 Å². The maximum absolute atomic E-state index is 11.2. The highest BCUT2D eigenvalue weighted by molar-refractivity contribution is 5.75. The monoisotopic (exact) mass is 286 g/mol. The topological polar surface area (TPSA) is 80.3 Å². The van der Waals surface area contributed by atoms with Crippen LogP contribution in [0.2, 0.25) is 0 Å². The first-order chi connectivity index (χ1) is 9.46. The van der Waals surface area contributed by atoms with Crippen molar-refractivity contribution in [3.05, 3.63) is 11.8 Å². The van der Waals surface area contributed by atoms with Crippen molar-refractivity contribution in [3.63, 3.8) is 0 Å². The average Bonchev–Trinajstić information content (AvgIpc) is 2.92. The van der Waals surface area contributed by atoms with Crippen LogP contribution in [-0.2, 0) is 33.3 Å². The maximum Gasteiger partial charge on any atom is 0.314 e. The molecule has 1 fully saturated rings. The summed E-state index contributed by atoms with van der Waals surface area (Å²) in [5.74, 6) is -0.823. The van der Waals surface area contributed by atoms with Crippen LogP contribution < -0.4 is 0 Å². The van der Waals surface area contributed by atoms with Crippen LogP contribution in [0.25, 0.3) is 0 Å². The molecule has 2 aliphatic heterocycles. The summed E-state index contributed by atoms with van der Waals surface area (Å²) >= 11 is 0. The molecule has 7 heteroatoms. The zero-order valence-electron chi connectivity index (χ0n) is 11.7. The fourth-order valence-electron chi connectivity index (χ4n) is 2.30. The fourth-order valence-corrected chi connectivity index (χ4v) is 2.30. The molecule has 112 valence electrons. The van der Waals surface area contributed by atoms with Crippen LogP contribution >= 0.6 is 0 Å². The van der Waals surface area contributed by atoms with Crippen molar-refractivity contribution in [2.24, 2.45) is 0 Å². The van der Waals surface area contributed by atoms with Gasteiger partial charge in [-0.2, -0.15) is 0 Å². The highest BCUT2D eigenvalue weighted by Gasteiger charge is 2.49. The minimum atomic E-state index is -0.872. The molecular weight excluding hydrogens is 268 g/mol. The second-order valence-electron chi connectivity index (χ2n) is 5.03. The van der Waals surface area contributed by atoms with E-state index in [0.717, 1.165) is 0 Å². The van der Waals surface area contributed by atoms with Gasteiger partial charge in [0.15, 0.2) is 11.9 Å². The van der Waals surface area contributed by atoms with E-state index >= 15 is 0 Å². The van der Waals surface area contributed by atoms with E-state index in [9.17, 15) is 9.59 Å². The summed E-state index contributed by atoms with van der Waals surface area (Å²) in [4.78, 5) is 21.8. The van der Waals surface area contributed by atoms with E-state index in [1.54, 1.807) is 19.9 Å². The van der Waals surface area contributed by atoms with Crippen molar-refractivity contribution < 1.29 is 33.3 Å². The van der Waals surface area contributed by atoms with Gasteiger partial charge in [0.1, 0.15) is 18.0 Å². The average molecular weight is 286 g/mol. The Kier molecular flexibility index (Phi) is 4.42. The van der Waals surface area contributed by atoms with Crippen LogP contribution in [0.4, 0.5) is 0 Å². The highest BCUT2D eigenvalue weighted by atomic mass is 16.8. The van der Waals surface area contributed by atoms with Crippen molar-refractivity contribution in [1.29, 1.82) is 0 Å². The van der Waals surface area contributed by atoms with Crippen molar-refractivity contribution >= 4 is 12.4 Å². The summed E-state index contributed by atoms with van der Waals surface area (Å²) < 4.78 is 26.6. The van der Waals surface area contributed by atoms with Crippen molar-refractivity contribution in [1.82, 2.24) is 0 Å². The molecule has 2 heterocycles. The number of rotatable bonds is 6. The summed E-state index contributed by atoms with van der Waals surface area (Å²) in [7, 11) is 1.49. The molecule has 0 aliphatic carbocycles. The Morgan fingerprint density at radius 1 is 1.50 bits per heavy atom. The van der Waals surface area contributed by atoms with E-state index in [4.69, 9.17) is 23.7 Å². The van der Waals surface area contributed by atoms with Crippen LogP contribution in [0.3, 0.4) is 0 Å². The molecule has 2 rings (SSSR count). The van der Waals surface area contributed by atoms with E-state index in [2.05, 4.69) is 0 Å². The zero-order chi connectivity index (χ0) is 14.8. The molecule has 0 saturated carbocycles. The minimum Gasteiger partial charge on any atom is -0.459 e. The SMILES string of the molecule is COC[C@@H](OC=O)[C@H]1OC(C)(C)O[C@@H]1C1=CCC(=O)O1. The highest BCUT2D eigenvalue weighted by Crippen LogP contribution is 2.36. The number of hydrogen-bond acceptors (Lipinski definition) is 7. The first-order valence-corrected chi connectivity index (χ1v) is 6.31. The molecule has 0 unspecified atom stereocenters. The standard InChI is InChI=1S/C13H18O7/c1-13(2)19-11(8-4-5-10(15)18-8)12(20-13)9(6-16-3)17-7-14/h4,7,9,11-12H,5-6H2,1-3H3/t9-,11-,12-/m1/s1. The second kappa shape index (κ2) is 5.90. The van der Waals surface area contributed by atoms with Gasteiger partial charge in [-0.15, -0.1) is 0 Å². The summed E-state index contributed by atoms with van der Waals surface area (Å²) in [6.45, 7) is 3.97. The van der Waals surface area contributed by atoms with E-state index in [1.165, 1.54) is 7.11 Å². The third-order valence-corrected chi connectivity index (χ3v) is 3.04. The van der Waals surface area contributed by atoms with Crippen molar-refractivity contribution in [2.75, 3.05) is 13.7 Å². The number of hydrogen-bond donors (Lipinski definition) is 0. The van der Waals surface area contributed by atoms with Gasteiger partial charge in [-0.25, -0.2) is 0 Å². The zero-order valence-corrected chi connectivity index (χ0v) is 11.7. The Morgan fingerprint density at radius 3 is 2.80 bits per heavy atom. The van der Waals surface area contributed by atoms with Crippen LogP contribution in [0.5, 0.6) is 0 Å². The molecule has 0 amide bonds. The number of methoxy groups -OCH3 is 1. The third-order valence-electron chi connectivity index (χ3n) is 3.04. The van der Waals surface area contributed by atoms with E-state index in [-0.39, 0.29) is 19.0 Å². The fraction of sp³-hybridized carbons (Fsp3) is 0.692. The first kappa shape index (κ1) is 15.0. The lowest BCUT2D eigenvalue weighted by molar-refractivity contribution is -0.168. The number of esters is 1. The molecular formula is C13H18O7. The van der Waals surface area contributed by atoms with Crippen molar-refractivity contribution in [3.8, 4) is 0 Å². The number of cyclic esters (lactones) is 1. The van der Waals surface area contributed by atoms with Gasteiger partial charge >= 0.3 is 5.97 Å². The quantitative estimate of drug-likeness (QED) is 0.520. The van der Waals surface area contributed by atoms with Gasteiger partial charge in [0.05, 0.1) is 13.0 Å². The van der Waals surface area contributed by atoms with Gasteiger partial charge in [-0.3, -0.25) is 9.59 Å². The molecule has 0 spiro atoms. The second-order valence-corrected chi connectivity index (χ2v) is 5.03. The largest absolute Gasteiger partial charge is 0.459 e. The van der Waals surface area contributed by atoms with Crippen LogP contribution in [0, 0.1) is 0 Å². The van der Waals surface area contributed by atoms with Crippen molar-refractivity contribution in [2.45, 2.75) is 44.4 Å². The molecule has 0 bridgehead atoms. The molecule has 0 radical (unpaired) electrons. The predicted molar refractivity (Wildman–Crippen MR) is 65.4 cm³/mol. The number of carbonyl (C=O) groups excluding carboxylic acids is 2. The van der Waals surface area contributed by atoms with Gasteiger partial charge in [0.2, 0.25) is 0 Å². The van der Waals surface area contributed by atoms with E-state index in [0.29, 0.717) is 12.2 Å². The van der Waals surface area contributed by atoms with E-state index < -0.39 is 24.1 Å². The van der Waals surface area contributed by atoms with Gasteiger partial charge < -0.3 is 23.7 Å². The molecule has 0 aromatic rings. The smallest absolute Gasteiger partial charge is 0.314 e. The first-order valence-electron chi connectivity index (χ1n) is 6.31.